The van der Waals surface area contributed by atoms with Crippen LogP contribution in [0.3, 0.4) is 0 Å². The normalized spacial score (nSPS) is 10.5. The Labute approximate surface area is 132 Å². The number of imide groups is 1. The largest absolute Gasteiger partial charge is 0.336 e. The van der Waals surface area contributed by atoms with Crippen molar-refractivity contribution in [2.75, 3.05) is 5.75 Å². The van der Waals surface area contributed by atoms with Crippen molar-refractivity contribution in [3.05, 3.63) is 30.3 Å². The zero-order valence-corrected chi connectivity index (χ0v) is 13.1. The first kappa shape index (κ1) is 16.0. The molecule has 0 fully saturated rings. The Bertz CT molecular complexity index is 642. The number of nitrogens with one attached hydrogen (secondary N) is 3. The smallest absolute Gasteiger partial charge is 0.321 e. The third-order valence-electron chi connectivity index (χ3n) is 2.52. The molecule has 0 aliphatic rings. The number of urea groups is 1. The van der Waals surface area contributed by atoms with Gasteiger partial charge in [-0.3, -0.25) is 15.2 Å². The molecule has 8 heteroatoms. The van der Waals surface area contributed by atoms with Crippen molar-refractivity contribution in [1.82, 2.24) is 25.8 Å². The van der Waals surface area contributed by atoms with Gasteiger partial charge in [0.25, 0.3) is 0 Å². The zero-order valence-electron chi connectivity index (χ0n) is 12.3. The van der Waals surface area contributed by atoms with Crippen LogP contribution in [0.15, 0.2) is 35.5 Å². The Hall–Kier alpha value is -2.35. The average Bonchev–Trinajstić information content (AvgIpc) is 2.94. The highest BCUT2D eigenvalue weighted by atomic mass is 32.2. The van der Waals surface area contributed by atoms with E-state index >= 15 is 0 Å². The minimum Gasteiger partial charge on any atom is -0.336 e. The van der Waals surface area contributed by atoms with Gasteiger partial charge in [0.15, 0.2) is 5.82 Å². The van der Waals surface area contributed by atoms with Gasteiger partial charge in [0.05, 0.1) is 5.75 Å². The van der Waals surface area contributed by atoms with Crippen molar-refractivity contribution in [3.8, 4) is 11.4 Å². The quantitative estimate of drug-likeness (QED) is 0.730. The summed E-state index contributed by atoms with van der Waals surface area (Å²) in [6.45, 7) is 3.63. The highest BCUT2D eigenvalue weighted by Gasteiger charge is 2.11. The van der Waals surface area contributed by atoms with Crippen LogP contribution < -0.4 is 10.6 Å². The van der Waals surface area contributed by atoms with Crippen molar-refractivity contribution in [2.45, 2.75) is 25.0 Å². The van der Waals surface area contributed by atoms with Gasteiger partial charge in [-0.15, -0.1) is 5.10 Å². The second-order valence-corrected chi connectivity index (χ2v) is 5.74. The van der Waals surface area contributed by atoms with Crippen molar-refractivity contribution >= 4 is 23.7 Å². The Morgan fingerprint density at radius 2 is 2.00 bits per heavy atom. The maximum Gasteiger partial charge on any atom is 0.321 e. The number of carbonyl (C=O) groups excluding carboxylic acids is 2. The van der Waals surface area contributed by atoms with Gasteiger partial charge in [0.2, 0.25) is 11.1 Å². The van der Waals surface area contributed by atoms with E-state index in [0.717, 1.165) is 17.3 Å². The maximum absolute atomic E-state index is 11.6. The molecule has 0 atom stereocenters. The van der Waals surface area contributed by atoms with Crippen LogP contribution >= 0.6 is 11.8 Å². The molecule has 0 saturated heterocycles. The molecule has 7 nitrogen and oxygen atoms in total. The fourth-order valence-corrected chi connectivity index (χ4v) is 2.23. The molecule has 0 radical (unpaired) electrons. The van der Waals surface area contributed by atoms with Crippen molar-refractivity contribution < 1.29 is 9.59 Å². The highest BCUT2D eigenvalue weighted by molar-refractivity contribution is 7.99. The van der Waals surface area contributed by atoms with Crippen LogP contribution in [-0.4, -0.2) is 38.9 Å². The Balaban J connectivity index is 1.84. The lowest BCUT2D eigenvalue weighted by molar-refractivity contribution is -0.117. The number of H-pyrrole nitrogens is 1. The Morgan fingerprint density at radius 1 is 1.27 bits per heavy atom. The molecular formula is C14H17N5O2S. The van der Waals surface area contributed by atoms with Gasteiger partial charge in [-0.05, 0) is 13.8 Å². The number of thioether (sulfide) groups is 1. The van der Waals surface area contributed by atoms with Gasteiger partial charge in [-0.1, -0.05) is 42.1 Å². The topological polar surface area (TPSA) is 99.8 Å². The van der Waals surface area contributed by atoms with E-state index in [2.05, 4.69) is 25.8 Å². The predicted octanol–water partition coefficient (Wildman–Crippen LogP) is 1.80. The molecule has 116 valence electrons. The van der Waals surface area contributed by atoms with Gasteiger partial charge in [0, 0.05) is 11.6 Å². The summed E-state index contributed by atoms with van der Waals surface area (Å²) in [5, 5.41) is 12.1. The SMILES string of the molecule is CC(C)NC(=O)NC(=O)CSc1n[nH]c(-c2ccccc2)n1. The van der Waals surface area contributed by atoms with Crippen LogP contribution in [0.25, 0.3) is 11.4 Å². The van der Waals surface area contributed by atoms with E-state index in [-0.39, 0.29) is 11.8 Å². The Kier molecular flexibility index (Phi) is 5.54. The van der Waals surface area contributed by atoms with E-state index < -0.39 is 11.9 Å². The lowest BCUT2D eigenvalue weighted by Crippen LogP contribution is -2.43. The standard InChI is InChI=1S/C14H17N5O2S/c1-9(2)15-13(21)16-11(20)8-22-14-17-12(18-19-14)10-6-4-3-5-7-10/h3-7,9H,8H2,1-2H3,(H,17,18,19)(H2,15,16,20,21). The summed E-state index contributed by atoms with van der Waals surface area (Å²) in [5.41, 5.74) is 0.919. The third-order valence-corrected chi connectivity index (χ3v) is 3.36. The van der Waals surface area contributed by atoms with Crippen LogP contribution in [0.4, 0.5) is 4.79 Å². The number of aromatic amines is 1. The number of nitrogens with zero attached hydrogens (tertiary/aromatic N) is 2. The summed E-state index contributed by atoms with van der Waals surface area (Å²) in [4.78, 5) is 27.3. The summed E-state index contributed by atoms with van der Waals surface area (Å²) in [5.74, 6) is 0.313. The summed E-state index contributed by atoms with van der Waals surface area (Å²) >= 11 is 1.16. The summed E-state index contributed by atoms with van der Waals surface area (Å²) in [6, 6.07) is 9.04. The molecule has 0 aliphatic carbocycles. The van der Waals surface area contributed by atoms with Crippen LogP contribution in [0.1, 0.15) is 13.8 Å². The van der Waals surface area contributed by atoms with Crippen LogP contribution in [0, 0.1) is 0 Å². The number of hydrogen-bond donors (Lipinski definition) is 3. The monoisotopic (exact) mass is 319 g/mol. The number of rotatable bonds is 5. The molecular weight excluding hydrogens is 302 g/mol. The van der Waals surface area contributed by atoms with E-state index in [1.807, 2.05) is 44.2 Å². The second kappa shape index (κ2) is 7.60. The predicted molar refractivity (Wildman–Crippen MR) is 84.4 cm³/mol. The zero-order chi connectivity index (χ0) is 15.9. The van der Waals surface area contributed by atoms with E-state index in [1.165, 1.54) is 0 Å². The van der Waals surface area contributed by atoms with E-state index in [4.69, 9.17) is 0 Å². The van der Waals surface area contributed by atoms with Gasteiger partial charge in [0.1, 0.15) is 0 Å². The van der Waals surface area contributed by atoms with Gasteiger partial charge >= 0.3 is 6.03 Å². The van der Waals surface area contributed by atoms with E-state index in [0.29, 0.717) is 11.0 Å². The molecule has 22 heavy (non-hydrogen) atoms. The number of amides is 3. The van der Waals surface area contributed by atoms with Gasteiger partial charge < -0.3 is 5.32 Å². The molecule has 0 spiro atoms. The molecule has 0 bridgehead atoms. The molecule has 3 N–H and O–H groups in total. The molecule has 0 saturated carbocycles. The lowest BCUT2D eigenvalue weighted by Gasteiger charge is -2.08. The molecule has 0 unspecified atom stereocenters. The molecule has 2 aromatic rings. The fourth-order valence-electron chi connectivity index (χ4n) is 1.63. The number of aromatic nitrogens is 3. The van der Waals surface area contributed by atoms with E-state index in [9.17, 15) is 9.59 Å². The number of benzene rings is 1. The second-order valence-electron chi connectivity index (χ2n) is 4.80. The van der Waals surface area contributed by atoms with E-state index in [1.54, 1.807) is 0 Å². The molecule has 1 aromatic carbocycles. The molecule has 0 aliphatic heterocycles. The van der Waals surface area contributed by atoms with Crippen LogP contribution in [0.5, 0.6) is 0 Å². The van der Waals surface area contributed by atoms with Crippen molar-refractivity contribution in [3.63, 3.8) is 0 Å². The first-order valence-corrected chi connectivity index (χ1v) is 7.74. The van der Waals surface area contributed by atoms with Crippen molar-refractivity contribution in [1.29, 1.82) is 0 Å². The molecule has 3 amide bonds. The number of hydrogen-bond acceptors (Lipinski definition) is 5. The fraction of sp³-hybridized carbons (Fsp3) is 0.286. The minimum atomic E-state index is -0.499. The summed E-state index contributed by atoms with van der Waals surface area (Å²) in [7, 11) is 0. The van der Waals surface area contributed by atoms with Crippen LogP contribution in [-0.2, 0) is 4.79 Å². The van der Waals surface area contributed by atoms with Gasteiger partial charge in [-0.25, -0.2) is 9.78 Å². The first-order valence-electron chi connectivity index (χ1n) is 6.75. The first-order chi connectivity index (χ1) is 10.5. The molecule has 1 heterocycles. The average molecular weight is 319 g/mol. The maximum atomic E-state index is 11.6. The Morgan fingerprint density at radius 3 is 2.68 bits per heavy atom. The third kappa shape index (κ3) is 4.88. The van der Waals surface area contributed by atoms with Gasteiger partial charge in [-0.2, -0.15) is 0 Å². The number of carbonyl (C=O) groups is 2. The lowest BCUT2D eigenvalue weighted by atomic mass is 10.2. The minimum absolute atomic E-state index is 0.0260. The molecule has 1 aromatic heterocycles. The molecule has 2 rings (SSSR count). The summed E-state index contributed by atoms with van der Waals surface area (Å²) in [6.07, 6.45) is 0. The highest BCUT2D eigenvalue weighted by Crippen LogP contribution is 2.18. The van der Waals surface area contributed by atoms with Crippen molar-refractivity contribution in [2.24, 2.45) is 0 Å². The summed E-state index contributed by atoms with van der Waals surface area (Å²) < 4.78 is 0. The van der Waals surface area contributed by atoms with Crippen LogP contribution in [0.2, 0.25) is 0 Å².